The van der Waals surface area contributed by atoms with Gasteiger partial charge in [-0.3, -0.25) is 9.59 Å². The number of Topliss-reactive ketones (excluding diaryl/α,β-unsaturated/α-hetero) is 2. The maximum absolute atomic E-state index is 12.3. The summed E-state index contributed by atoms with van der Waals surface area (Å²) in [7, 11) is 0. The lowest BCUT2D eigenvalue weighted by Crippen LogP contribution is -2.24. The first-order valence-electron chi connectivity index (χ1n) is 9.48. The molecule has 1 aliphatic rings. The molecule has 4 nitrogen and oxygen atoms in total. The number of carbonyl (C=O) groups is 2. The zero-order chi connectivity index (χ0) is 17.9. The minimum absolute atomic E-state index is 0.0868. The number of aliphatic hydroxyl groups is 2. The number of carbonyl (C=O) groups excluding carboxylic acids is 2. The molecule has 2 N–H and O–H groups in total. The smallest absolute Gasteiger partial charge is 0.227 e. The monoisotopic (exact) mass is 336 g/mol. The highest BCUT2D eigenvalue weighted by atomic mass is 16.3. The largest absolute Gasteiger partial charge is 0.504 e. The molecule has 0 aromatic carbocycles. The first-order valence-corrected chi connectivity index (χ1v) is 9.48. The first kappa shape index (κ1) is 20.5. The Morgan fingerprint density at radius 2 is 0.917 bits per heavy atom. The van der Waals surface area contributed by atoms with Crippen LogP contribution in [0.5, 0.6) is 0 Å². The van der Waals surface area contributed by atoms with E-state index in [0.717, 1.165) is 64.2 Å². The van der Waals surface area contributed by atoms with Crippen molar-refractivity contribution < 1.29 is 19.8 Å². The molecule has 4 heteroatoms. The highest BCUT2D eigenvalue weighted by molar-refractivity contribution is 6.23. The van der Waals surface area contributed by atoms with Crippen molar-refractivity contribution in [1.29, 1.82) is 0 Å². The molecule has 0 aliphatic heterocycles. The lowest BCUT2D eigenvalue weighted by molar-refractivity contribution is -0.120. The van der Waals surface area contributed by atoms with Crippen LogP contribution >= 0.6 is 0 Å². The summed E-state index contributed by atoms with van der Waals surface area (Å²) in [5, 5.41) is 20.2. The van der Waals surface area contributed by atoms with Crippen LogP contribution in [-0.4, -0.2) is 21.8 Å². The third-order valence-corrected chi connectivity index (χ3v) is 4.61. The molecule has 24 heavy (non-hydrogen) atoms. The van der Waals surface area contributed by atoms with Gasteiger partial charge in [0.15, 0.2) is 11.5 Å². The molecular formula is C20H32O4. The zero-order valence-electron chi connectivity index (χ0n) is 15.2. The van der Waals surface area contributed by atoms with E-state index < -0.39 is 23.1 Å². The Balaban J connectivity index is 2.60. The molecule has 0 heterocycles. The number of allylic oxidation sites excluding steroid dienone is 2. The Morgan fingerprint density at radius 3 is 1.25 bits per heavy atom. The fourth-order valence-electron chi connectivity index (χ4n) is 3.05. The Morgan fingerprint density at radius 1 is 0.583 bits per heavy atom. The highest BCUT2D eigenvalue weighted by Crippen LogP contribution is 2.28. The molecule has 0 spiro atoms. The summed E-state index contributed by atoms with van der Waals surface area (Å²) >= 11 is 0. The van der Waals surface area contributed by atoms with E-state index >= 15 is 0 Å². The van der Waals surface area contributed by atoms with E-state index in [4.69, 9.17) is 0 Å². The van der Waals surface area contributed by atoms with Crippen molar-refractivity contribution in [3.8, 4) is 0 Å². The number of ketones is 2. The van der Waals surface area contributed by atoms with Gasteiger partial charge in [0.25, 0.3) is 0 Å². The molecule has 0 unspecified atom stereocenters. The van der Waals surface area contributed by atoms with Crippen LogP contribution in [0.3, 0.4) is 0 Å². The summed E-state index contributed by atoms with van der Waals surface area (Å²) in [6, 6.07) is 0. The van der Waals surface area contributed by atoms with Crippen molar-refractivity contribution >= 4 is 11.6 Å². The molecule has 1 aliphatic carbocycles. The van der Waals surface area contributed by atoms with Gasteiger partial charge in [-0.1, -0.05) is 65.2 Å². The van der Waals surface area contributed by atoms with Crippen molar-refractivity contribution in [1.82, 2.24) is 0 Å². The van der Waals surface area contributed by atoms with Gasteiger partial charge in [0.05, 0.1) is 0 Å². The molecule has 0 aromatic rings. The lowest BCUT2D eigenvalue weighted by atomic mass is 9.88. The summed E-state index contributed by atoms with van der Waals surface area (Å²) in [6.45, 7) is 4.26. The van der Waals surface area contributed by atoms with Crippen molar-refractivity contribution in [2.24, 2.45) is 0 Å². The second-order valence-corrected chi connectivity index (χ2v) is 6.64. The summed E-state index contributed by atoms with van der Waals surface area (Å²) in [4.78, 5) is 24.5. The molecule has 0 radical (unpaired) electrons. The summed E-state index contributed by atoms with van der Waals surface area (Å²) < 4.78 is 0. The lowest BCUT2D eigenvalue weighted by Gasteiger charge is -2.18. The van der Waals surface area contributed by atoms with Crippen LogP contribution in [0, 0.1) is 0 Å². The standard InChI is InChI=1S/C20H32O4/c1-3-5-7-9-11-13-15-17(21)19(23)16(20(24)18(15)22)14-12-10-8-6-4-2/h21,24H,3-14H2,1-2H3. The average molecular weight is 336 g/mol. The Kier molecular flexibility index (Phi) is 9.43. The normalized spacial score (nSPS) is 15.6. The molecule has 0 bridgehead atoms. The quantitative estimate of drug-likeness (QED) is 0.365. The number of unbranched alkanes of at least 4 members (excludes halogenated alkanes) is 8. The highest BCUT2D eigenvalue weighted by Gasteiger charge is 2.33. The van der Waals surface area contributed by atoms with Gasteiger partial charge >= 0.3 is 0 Å². The van der Waals surface area contributed by atoms with E-state index in [2.05, 4.69) is 13.8 Å². The molecule has 0 aromatic heterocycles. The first-order chi connectivity index (χ1) is 11.5. The van der Waals surface area contributed by atoms with E-state index in [1.165, 1.54) is 0 Å². The maximum Gasteiger partial charge on any atom is 0.227 e. The Hall–Kier alpha value is -1.58. The fraction of sp³-hybridized carbons (Fsp3) is 0.700. The van der Waals surface area contributed by atoms with Gasteiger partial charge in [-0.2, -0.15) is 0 Å². The van der Waals surface area contributed by atoms with Crippen molar-refractivity contribution in [3.63, 3.8) is 0 Å². The third kappa shape index (κ3) is 5.81. The SMILES string of the molecule is CCCCCCCC1=C(O)C(=O)C(CCCCCCC)=C(O)C1=O. The van der Waals surface area contributed by atoms with Gasteiger partial charge in [-0.25, -0.2) is 0 Å². The van der Waals surface area contributed by atoms with Gasteiger partial charge in [0.1, 0.15) is 0 Å². The van der Waals surface area contributed by atoms with Gasteiger partial charge in [-0.15, -0.1) is 0 Å². The van der Waals surface area contributed by atoms with Gasteiger partial charge in [-0.05, 0) is 25.7 Å². The molecule has 0 amide bonds. The van der Waals surface area contributed by atoms with E-state index in [9.17, 15) is 19.8 Å². The summed E-state index contributed by atoms with van der Waals surface area (Å²) in [6.07, 6.45) is 10.8. The predicted molar refractivity (Wildman–Crippen MR) is 96.1 cm³/mol. The van der Waals surface area contributed by atoms with Crippen LogP contribution in [0.1, 0.15) is 90.9 Å². The summed E-state index contributed by atoms with van der Waals surface area (Å²) in [5.74, 6) is -2.02. The number of hydrogen-bond acceptors (Lipinski definition) is 4. The van der Waals surface area contributed by atoms with Gasteiger partial charge in [0, 0.05) is 11.1 Å². The summed E-state index contributed by atoms with van der Waals surface area (Å²) in [5.41, 5.74) is 0.174. The zero-order valence-corrected chi connectivity index (χ0v) is 15.2. The second-order valence-electron chi connectivity index (χ2n) is 6.64. The number of hydrogen-bond donors (Lipinski definition) is 2. The van der Waals surface area contributed by atoms with Crippen LogP contribution in [0.25, 0.3) is 0 Å². The van der Waals surface area contributed by atoms with E-state index in [1.807, 2.05) is 0 Å². The molecule has 0 fully saturated rings. The molecule has 0 saturated carbocycles. The minimum atomic E-state index is -0.564. The molecule has 136 valence electrons. The van der Waals surface area contributed by atoms with Crippen LogP contribution in [-0.2, 0) is 9.59 Å². The van der Waals surface area contributed by atoms with Crippen LogP contribution in [0.15, 0.2) is 22.7 Å². The van der Waals surface area contributed by atoms with E-state index in [1.54, 1.807) is 0 Å². The molecule has 0 saturated heterocycles. The van der Waals surface area contributed by atoms with Crippen molar-refractivity contribution in [2.45, 2.75) is 90.9 Å². The molecule has 1 rings (SSSR count). The topological polar surface area (TPSA) is 74.6 Å². The van der Waals surface area contributed by atoms with E-state index in [0.29, 0.717) is 12.8 Å². The third-order valence-electron chi connectivity index (χ3n) is 4.61. The average Bonchev–Trinajstić information content (AvgIpc) is 2.58. The Bertz CT molecular complexity index is 454. The minimum Gasteiger partial charge on any atom is -0.504 e. The number of aliphatic hydroxyl groups excluding tert-OH is 2. The Labute approximate surface area is 145 Å². The maximum atomic E-state index is 12.3. The van der Waals surface area contributed by atoms with Crippen LogP contribution < -0.4 is 0 Å². The van der Waals surface area contributed by atoms with Gasteiger partial charge in [0.2, 0.25) is 11.6 Å². The van der Waals surface area contributed by atoms with Crippen LogP contribution in [0.4, 0.5) is 0 Å². The van der Waals surface area contributed by atoms with Crippen molar-refractivity contribution in [2.75, 3.05) is 0 Å². The second kappa shape index (κ2) is 11.1. The molecular weight excluding hydrogens is 304 g/mol. The van der Waals surface area contributed by atoms with Crippen molar-refractivity contribution in [3.05, 3.63) is 22.7 Å². The van der Waals surface area contributed by atoms with E-state index in [-0.39, 0.29) is 11.1 Å². The number of rotatable bonds is 12. The van der Waals surface area contributed by atoms with Crippen LogP contribution in [0.2, 0.25) is 0 Å². The fourth-order valence-corrected chi connectivity index (χ4v) is 3.05. The predicted octanol–water partition coefficient (Wildman–Crippen LogP) is 5.48. The molecule has 0 atom stereocenters. The van der Waals surface area contributed by atoms with Gasteiger partial charge < -0.3 is 10.2 Å².